The van der Waals surface area contributed by atoms with Crippen molar-refractivity contribution in [2.75, 3.05) is 5.32 Å². The number of rotatable bonds is 6. The molecule has 1 saturated carbocycles. The lowest BCUT2D eigenvalue weighted by molar-refractivity contribution is -0.384. The second kappa shape index (κ2) is 10.2. The number of nitrogens with one attached hydrogen (secondary N) is 3. The first-order chi connectivity index (χ1) is 16.5. The number of ether oxygens (including phenoxy) is 1. The molecule has 34 heavy (non-hydrogen) atoms. The Balaban J connectivity index is 0.000000868. The van der Waals surface area contributed by atoms with Crippen LogP contribution in [0, 0.1) is 10.1 Å². The number of H-pyrrole nitrogens is 2. The van der Waals surface area contributed by atoms with Crippen LogP contribution in [0.5, 0.6) is 5.75 Å². The van der Waals surface area contributed by atoms with Gasteiger partial charge in [-0.1, -0.05) is 11.5 Å². The number of benzene rings is 2. The molecule has 0 spiro atoms. The molecule has 4 aromatic rings. The van der Waals surface area contributed by atoms with E-state index in [1.54, 1.807) is 12.1 Å². The molecule has 12 heteroatoms. The van der Waals surface area contributed by atoms with Crippen LogP contribution in [0.1, 0.15) is 30.9 Å². The van der Waals surface area contributed by atoms with Crippen LogP contribution in [0.15, 0.2) is 53.3 Å². The molecule has 2 atom stereocenters. The molecule has 0 saturated heterocycles. The molecule has 1 fully saturated rings. The van der Waals surface area contributed by atoms with Gasteiger partial charge in [0, 0.05) is 35.5 Å². The van der Waals surface area contributed by atoms with Crippen LogP contribution in [0.4, 0.5) is 17.2 Å². The maximum Gasteiger partial charge on any atom is 0.290 e. The van der Waals surface area contributed by atoms with Crippen molar-refractivity contribution in [3.63, 3.8) is 0 Å². The van der Waals surface area contributed by atoms with Crippen molar-refractivity contribution in [1.82, 2.24) is 14.6 Å². The third kappa shape index (κ3) is 5.23. The number of nitro benzene ring substituents is 1. The Hall–Kier alpha value is -4.19. The number of aromatic amines is 2. The Morgan fingerprint density at radius 1 is 1.21 bits per heavy atom. The average Bonchev–Trinajstić information content (AvgIpc) is 3.56. The number of aromatic nitrogens is 3. The lowest BCUT2D eigenvalue weighted by atomic mass is 10.0. The number of nitro groups is 1. The Bertz CT molecular complexity index is 1350. The maximum atomic E-state index is 11.8. The van der Waals surface area contributed by atoms with E-state index in [-0.39, 0.29) is 23.8 Å². The zero-order chi connectivity index (χ0) is 24.1. The highest BCUT2D eigenvalue weighted by Crippen LogP contribution is 2.37. The van der Waals surface area contributed by atoms with Crippen LogP contribution in [0.3, 0.4) is 0 Å². The molecule has 0 aliphatic heterocycles. The van der Waals surface area contributed by atoms with E-state index in [4.69, 9.17) is 14.6 Å². The van der Waals surface area contributed by atoms with Gasteiger partial charge < -0.3 is 15.2 Å². The van der Waals surface area contributed by atoms with Crippen LogP contribution in [0.25, 0.3) is 10.1 Å². The van der Waals surface area contributed by atoms with Gasteiger partial charge in [0.1, 0.15) is 5.75 Å². The minimum atomic E-state index is -0.421. The fourth-order valence-corrected chi connectivity index (χ4v) is 4.67. The van der Waals surface area contributed by atoms with Crippen molar-refractivity contribution >= 4 is 45.3 Å². The van der Waals surface area contributed by atoms with Gasteiger partial charge in [0.05, 0.1) is 21.1 Å². The molecule has 176 valence electrons. The number of non-ortho nitro benzene ring substituents is 1. The first-order valence-corrected chi connectivity index (χ1v) is 11.2. The van der Waals surface area contributed by atoms with E-state index in [1.807, 2.05) is 24.3 Å². The summed E-state index contributed by atoms with van der Waals surface area (Å²) >= 11 is 1.32. The van der Waals surface area contributed by atoms with Gasteiger partial charge in [-0.25, -0.2) is 0 Å². The lowest BCUT2D eigenvalue weighted by Crippen LogP contribution is -2.12. The molecular weight excluding hydrogens is 462 g/mol. The van der Waals surface area contributed by atoms with Crippen LogP contribution in [0.2, 0.25) is 0 Å². The fourth-order valence-electron chi connectivity index (χ4n) is 3.96. The summed E-state index contributed by atoms with van der Waals surface area (Å²) < 4.78 is 9.66. The summed E-state index contributed by atoms with van der Waals surface area (Å²) in [6.07, 6.45) is 2.77. The Morgan fingerprint density at radius 2 is 1.97 bits per heavy atom. The molecule has 1 aliphatic carbocycles. The molecule has 2 unspecified atom stereocenters. The van der Waals surface area contributed by atoms with Gasteiger partial charge >= 0.3 is 0 Å². The average molecular weight is 484 g/mol. The minimum absolute atomic E-state index is 0.0527. The number of hydrogen-bond acceptors (Lipinski definition) is 8. The number of anilines is 2. The molecule has 2 heterocycles. The fraction of sp³-hybridized carbons (Fsp3) is 0.227. The number of carboxylic acid groups (broad SMARTS) is 1. The first kappa shape index (κ1) is 23.0. The van der Waals surface area contributed by atoms with E-state index < -0.39 is 4.92 Å². The SMILES string of the molecule is O=CO.O=c1[nH]sc2ccc(Nc3cc(C4CCC(Oc5ccc([N+](=O)[O-])cc5)C4)[nH]n3)cc12. The molecule has 4 N–H and O–H groups in total. The summed E-state index contributed by atoms with van der Waals surface area (Å²) in [5.74, 6) is 1.64. The van der Waals surface area contributed by atoms with Crippen LogP contribution >= 0.6 is 11.5 Å². The van der Waals surface area contributed by atoms with Gasteiger partial charge in [0.2, 0.25) is 0 Å². The first-order valence-electron chi connectivity index (χ1n) is 10.4. The minimum Gasteiger partial charge on any atom is -0.490 e. The van der Waals surface area contributed by atoms with Crippen molar-refractivity contribution in [2.45, 2.75) is 31.3 Å². The summed E-state index contributed by atoms with van der Waals surface area (Å²) in [7, 11) is 0. The summed E-state index contributed by atoms with van der Waals surface area (Å²) in [6.45, 7) is -0.250. The van der Waals surface area contributed by atoms with E-state index in [9.17, 15) is 14.9 Å². The highest BCUT2D eigenvalue weighted by molar-refractivity contribution is 7.13. The lowest BCUT2D eigenvalue weighted by Gasteiger charge is -2.13. The summed E-state index contributed by atoms with van der Waals surface area (Å²) in [4.78, 5) is 30.5. The second-order valence-corrected chi connectivity index (χ2v) is 8.53. The van der Waals surface area contributed by atoms with Gasteiger partial charge in [0.25, 0.3) is 17.7 Å². The molecule has 1 aliphatic rings. The second-order valence-electron chi connectivity index (χ2n) is 7.68. The zero-order valence-electron chi connectivity index (χ0n) is 17.8. The van der Waals surface area contributed by atoms with E-state index in [2.05, 4.69) is 19.9 Å². The van der Waals surface area contributed by atoms with E-state index in [1.165, 1.54) is 23.7 Å². The van der Waals surface area contributed by atoms with Crippen LogP contribution < -0.4 is 15.6 Å². The van der Waals surface area contributed by atoms with Crippen LogP contribution in [-0.4, -0.2) is 37.2 Å². The molecule has 5 rings (SSSR count). The quantitative estimate of drug-likeness (QED) is 0.178. The summed E-state index contributed by atoms with van der Waals surface area (Å²) in [5, 5.41) is 29.0. The highest BCUT2D eigenvalue weighted by atomic mass is 32.1. The van der Waals surface area contributed by atoms with E-state index in [0.29, 0.717) is 22.9 Å². The number of hydrogen-bond donors (Lipinski definition) is 4. The van der Waals surface area contributed by atoms with Crippen molar-refractivity contribution in [3.8, 4) is 5.75 Å². The third-order valence-electron chi connectivity index (χ3n) is 5.52. The van der Waals surface area contributed by atoms with Crippen LogP contribution in [-0.2, 0) is 4.79 Å². The Kier molecular flexibility index (Phi) is 6.87. The topological polar surface area (TPSA) is 163 Å². The Morgan fingerprint density at radius 3 is 2.71 bits per heavy atom. The monoisotopic (exact) mass is 483 g/mol. The number of carbonyl (C=O) groups is 1. The Labute approximate surface area is 196 Å². The van der Waals surface area contributed by atoms with Gasteiger partial charge in [-0.05, 0) is 49.6 Å². The number of fused-ring (bicyclic) bond motifs is 1. The molecule has 0 bridgehead atoms. The van der Waals surface area contributed by atoms with Crippen molar-refractivity contribution in [3.05, 3.63) is 74.7 Å². The molecular formula is C22H21N5O6S. The maximum absolute atomic E-state index is 11.8. The largest absolute Gasteiger partial charge is 0.490 e. The van der Waals surface area contributed by atoms with E-state index in [0.717, 1.165) is 35.3 Å². The molecule has 0 radical (unpaired) electrons. The summed E-state index contributed by atoms with van der Waals surface area (Å²) in [5.41, 5.74) is 1.81. The predicted molar refractivity (Wildman–Crippen MR) is 127 cm³/mol. The normalized spacial score (nSPS) is 17.1. The molecule has 2 aromatic carbocycles. The smallest absolute Gasteiger partial charge is 0.290 e. The predicted octanol–water partition coefficient (Wildman–Crippen LogP) is 4.38. The van der Waals surface area contributed by atoms with Crippen molar-refractivity contribution in [1.29, 1.82) is 0 Å². The number of nitrogens with zero attached hydrogens (tertiary/aromatic N) is 2. The van der Waals surface area contributed by atoms with Gasteiger partial charge in [-0.15, -0.1) is 0 Å². The standard InChI is InChI=1S/C21H19N5O4S.CH2O2/c27-21-17-10-13(2-8-19(17)31-25-21)22-20-11-18(23-24-20)12-1-5-16(9-12)30-15-6-3-14(4-7-15)26(28)29;2-1-3/h2-4,6-8,10-12,16H,1,5,9H2,(H,25,27)(H2,22,23,24);1H,(H,2,3). The third-order valence-corrected chi connectivity index (χ3v) is 6.39. The van der Waals surface area contributed by atoms with E-state index >= 15 is 0 Å². The van der Waals surface area contributed by atoms with Gasteiger partial charge in [-0.3, -0.25) is 29.2 Å². The van der Waals surface area contributed by atoms with Gasteiger partial charge in [-0.2, -0.15) is 5.10 Å². The molecule has 0 amide bonds. The van der Waals surface area contributed by atoms with Crippen molar-refractivity contribution < 1.29 is 19.6 Å². The van der Waals surface area contributed by atoms with Gasteiger partial charge in [0.15, 0.2) is 5.82 Å². The van der Waals surface area contributed by atoms with Crippen molar-refractivity contribution in [2.24, 2.45) is 0 Å². The summed E-state index contributed by atoms with van der Waals surface area (Å²) in [6, 6.07) is 13.8. The molecule has 11 nitrogen and oxygen atoms in total. The molecule has 2 aromatic heterocycles. The zero-order valence-corrected chi connectivity index (χ0v) is 18.6. The highest BCUT2D eigenvalue weighted by Gasteiger charge is 2.29.